The lowest BCUT2D eigenvalue weighted by atomic mass is 9.86. The predicted molar refractivity (Wildman–Crippen MR) is 399 cm³/mol. The van der Waals surface area contributed by atoms with Gasteiger partial charge in [-0.1, -0.05) is 96.0 Å². The van der Waals surface area contributed by atoms with Gasteiger partial charge >= 0.3 is 5.97 Å². The SMILES string of the molecule is C[C@@H]1O[C@@H](O[C@H]2[C@H](Oc3c4cc5cc3Oc3ccc(cc3Cl)[C@@H](O[C@H]3C[C@](C)(N)[C@@H](O)[C@H](C)O3)[C@@H]3NC(=O)[C@H](NC(=O)[C@@H]5NC(=O)[C@H](CC(N)=O)NC(=O)[C@H](N)[C@H](O)c5ccc(c(Cl)c5)O4)c4ccc(O)c(c4)-c4c(O)cc(O)cc4[C@@H](C(=O)O)NC3=O)O[C@H](CO)[C@@H](O)[C@@H]2O)C[C@H](NCc2ccc(-c3ccccc3)cc2)[C@H]1O. The molecule has 34 nitrogen and oxygen atoms in total. The molecule has 7 aromatic carbocycles. The highest BCUT2D eigenvalue weighted by Gasteiger charge is 2.51. The van der Waals surface area contributed by atoms with Crippen LogP contribution in [-0.4, -0.2) is 196 Å². The van der Waals surface area contributed by atoms with E-state index in [0.717, 1.165) is 65.2 Å². The number of ether oxygens (including phenoxy) is 8. The van der Waals surface area contributed by atoms with Crippen molar-refractivity contribution >= 4 is 64.6 Å². The maximum absolute atomic E-state index is 16.3. The summed E-state index contributed by atoms with van der Waals surface area (Å²) in [6.45, 7) is 3.81. The van der Waals surface area contributed by atoms with Crippen LogP contribution in [0.5, 0.6) is 46.0 Å². The van der Waals surface area contributed by atoms with Gasteiger partial charge in [0.05, 0.1) is 47.5 Å². The third kappa shape index (κ3) is 17.2. The molecule has 0 unspecified atom stereocenters. The number of aromatic hydroxyl groups is 3. The molecule has 6 amide bonds. The summed E-state index contributed by atoms with van der Waals surface area (Å²) in [5, 5.41) is 130. The molecule has 7 aromatic rings. The van der Waals surface area contributed by atoms with Crippen molar-refractivity contribution in [2.75, 3.05) is 6.61 Å². The van der Waals surface area contributed by atoms with Crippen molar-refractivity contribution in [3.63, 3.8) is 0 Å². The third-order valence-corrected chi connectivity index (χ3v) is 21.3. The molecular weight excluding hydrogens is 1530 g/mol. The highest BCUT2D eigenvalue weighted by Crippen LogP contribution is 2.50. The second-order valence-electron chi connectivity index (χ2n) is 28.9. The van der Waals surface area contributed by atoms with Gasteiger partial charge in [0.1, 0.15) is 89.5 Å². The van der Waals surface area contributed by atoms with E-state index in [2.05, 4.69) is 31.9 Å². The van der Waals surface area contributed by atoms with Crippen LogP contribution in [0.25, 0.3) is 22.3 Å². The van der Waals surface area contributed by atoms with Gasteiger partial charge < -0.3 is 138 Å². The first-order chi connectivity index (χ1) is 54.2. The van der Waals surface area contributed by atoms with Crippen LogP contribution in [0.3, 0.4) is 0 Å². The Balaban J connectivity index is 1.00. The Bertz CT molecular complexity index is 4840. The standard InChI is InChI=1S/C78H83Cl2N9O25/c1-31-63(95)45(84-29-33-9-11-35(12-10-33)34-7-5-4-6-8-34)27-55(107-31)112-69-66(98)65(97)53(30-90)111-77(69)114-68-51-22-39-23-52(68)110-50-18-15-38(21-44(50)80)67(113-56-28-78(3,83)70(99)32(2)108-56)62-75(104)88-61(76(105)106)42-24-40(91)25-48(93)57(42)41-19-36(13-16-47(41)92)59(73(102)89-62)87-74(103)60(39)86-71(100)46(26-54(81)94)85-72(101)58(82)64(96)37-14-17-49(109-51)43(79)20-37/h4-25,31-32,45-46,53,55-56,58-67,69-70,77,84,90-93,95-99H,26-30,82-83H2,1-3H3,(H2,81,94)(H,85,101)(H,86,100)(H,87,103)(H,88,104)(H,89,102)(H,105,106)/t31-,32-,45-,46-,53+,55-,56-,58+,59+,60+,61-,62-,63-,64+,65+,66-,67+,69+,70-,77-,78-/m0/s1. The van der Waals surface area contributed by atoms with Crippen molar-refractivity contribution in [2.45, 2.75) is 174 Å². The lowest BCUT2D eigenvalue weighted by Crippen LogP contribution is -2.63. The number of carboxylic acid groups (broad SMARTS) is 1. The first-order valence-corrected chi connectivity index (χ1v) is 36.9. The zero-order valence-corrected chi connectivity index (χ0v) is 62.4. The Kier molecular flexibility index (Phi) is 24.1. The van der Waals surface area contributed by atoms with Gasteiger partial charge in [-0.3, -0.25) is 28.8 Å². The number of hydrogen-bond acceptors (Lipinski definition) is 27. The number of rotatable bonds is 14. The minimum absolute atomic E-state index is 0.103. The first-order valence-electron chi connectivity index (χ1n) is 36.1. The normalized spacial score (nSPS) is 30.5. The second kappa shape index (κ2) is 33.6. The Hall–Kier alpha value is -10.4. The van der Waals surface area contributed by atoms with Crippen molar-refractivity contribution in [2.24, 2.45) is 17.2 Å². The number of hydrogen-bond donors (Lipinski definition) is 19. The number of carboxylic acids is 1. The van der Waals surface area contributed by atoms with Crippen LogP contribution >= 0.6 is 23.2 Å². The lowest BCUT2D eigenvalue weighted by Gasteiger charge is -2.45. The van der Waals surface area contributed by atoms with Gasteiger partial charge in [-0.15, -0.1) is 0 Å². The van der Waals surface area contributed by atoms with Gasteiger partial charge in [0.25, 0.3) is 0 Å². The smallest absolute Gasteiger partial charge is 0.330 e. The monoisotopic (exact) mass is 1620 g/mol. The summed E-state index contributed by atoms with van der Waals surface area (Å²) in [5.41, 5.74) is 17.4. The van der Waals surface area contributed by atoms with Crippen LogP contribution in [0, 0.1) is 0 Å². The van der Waals surface area contributed by atoms with Crippen LogP contribution in [0.2, 0.25) is 10.0 Å². The minimum Gasteiger partial charge on any atom is -0.508 e. The van der Waals surface area contributed by atoms with Crippen molar-refractivity contribution in [1.82, 2.24) is 31.9 Å². The molecule has 0 aromatic heterocycles. The molecule has 21 atom stereocenters. The third-order valence-electron chi connectivity index (χ3n) is 20.8. The molecule has 0 spiro atoms. The molecule has 11 bridgehead atoms. The maximum Gasteiger partial charge on any atom is 0.330 e. The van der Waals surface area contributed by atoms with Gasteiger partial charge in [-0.2, -0.15) is 0 Å². The van der Waals surface area contributed by atoms with Gasteiger partial charge in [-0.25, -0.2) is 4.79 Å². The quantitative estimate of drug-likeness (QED) is 0.0744. The van der Waals surface area contributed by atoms with Crippen molar-refractivity contribution in [3.8, 4) is 68.2 Å². The van der Waals surface area contributed by atoms with Gasteiger partial charge in [0, 0.05) is 53.7 Å². The fourth-order valence-corrected chi connectivity index (χ4v) is 15.1. The number of fused-ring (bicyclic) bond motifs is 15. The number of carbonyl (C=O) groups excluding carboxylic acids is 6. The number of carbonyl (C=O) groups is 7. The molecule has 3 fully saturated rings. The summed E-state index contributed by atoms with van der Waals surface area (Å²) in [7, 11) is 0. The Morgan fingerprint density at radius 1 is 0.632 bits per heavy atom. The van der Waals surface area contributed by atoms with Crippen molar-refractivity contribution in [3.05, 3.63) is 177 Å². The number of aliphatic hydroxyl groups excluding tert-OH is 6. The Morgan fingerprint density at radius 2 is 1.25 bits per heavy atom. The van der Waals surface area contributed by atoms with E-state index < -0.39 is 244 Å². The van der Waals surface area contributed by atoms with Crippen LogP contribution in [0.15, 0.2) is 133 Å². The van der Waals surface area contributed by atoms with Crippen molar-refractivity contribution in [1.29, 1.82) is 0 Å². The zero-order chi connectivity index (χ0) is 81.6. The van der Waals surface area contributed by atoms with Crippen molar-refractivity contribution < 1.29 is 123 Å². The largest absolute Gasteiger partial charge is 0.508 e. The van der Waals surface area contributed by atoms with Gasteiger partial charge in [0.15, 0.2) is 36.2 Å². The van der Waals surface area contributed by atoms with E-state index in [4.69, 9.17) is 78.3 Å². The molecule has 0 aliphatic carbocycles. The van der Waals surface area contributed by atoms with Gasteiger partial charge in [-0.05, 0) is 114 Å². The Morgan fingerprint density at radius 3 is 1.90 bits per heavy atom. The first kappa shape index (κ1) is 81.7. The van der Waals surface area contributed by atoms with E-state index in [1.54, 1.807) is 6.92 Å². The number of halogens is 2. The van der Waals surface area contributed by atoms with E-state index in [1.165, 1.54) is 44.2 Å². The van der Waals surface area contributed by atoms with Crippen LogP contribution in [0.1, 0.15) is 104 Å². The molecule has 22 N–H and O–H groups in total. The second-order valence-corrected chi connectivity index (χ2v) is 29.8. The lowest BCUT2D eigenvalue weighted by molar-refractivity contribution is -0.330. The summed E-state index contributed by atoms with van der Waals surface area (Å²) < 4.78 is 52.3. The average molecular weight is 1620 g/mol. The summed E-state index contributed by atoms with van der Waals surface area (Å²) in [5.74, 6) is -14.7. The molecule has 0 saturated carbocycles. The summed E-state index contributed by atoms with van der Waals surface area (Å²) in [4.78, 5) is 104. The predicted octanol–water partition coefficient (Wildman–Crippen LogP) is 2.66. The average Bonchev–Trinajstić information content (AvgIpc) is 0.763. The molecule has 8 aliphatic heterocycles. The molecule has 36 heteroatoms. The summed E-state index contributed by atoms with van der Waals surface area (Å²) in [6.07, 6.45) is -22.3. The van der Waals surface area contributed by atoms with E-state index in [-0.39, 0.29) is 52.6 Å². The fourth-order valence-electron chi connectivity index (χ4n) is 14.6. The minimum atomic E-state index is -2.33. The highest BCUT2D eigenvalue weighted by molar-refractivity contribution is 6.32. The maximum atomic E-state index is 16.3. The molecule has 8 heterocycles. The number of nitrogens with two attached hydrogens (primary N) is 3. The topological polar surface area (TPSA) is 546 Å². The number of aliphatic carboxylic acids is 1. The molecule has 8 aliphatic rings. The molecule has 15 rings (SSSR count). The van der Waals surface area contributed by atoms with Gasteiger partial charge in [0.2, 0.25) is 47.5 Å². The molecule has 0 radical (unpaired) electrons. The molecule has 604 valence electrons. The van der Waals surface area contributed by atoms with E-state index in [0.29, 0.717) is 0 Å². The highest BCUT2D eigenvalue weighted by atomic mass is 35.5. The number of benzene rings is 7. The number of primary amides is 1. The van der Waals surface area contributed by atoms with Crippen LogP contribution in [0.4, 0.5) is 0 Å². The number of nitrogens with one attached hydrogen (secondary N) is 6. The molecular formula is C78H83Cl2N9O25. The zero-order valence-electron chi connectivity index (χ0n) is 60.9. The fraction of sp³-hybridized carbons (Fsp3) is 0.372. The van der Waals surface area contributed by atoms with Crippen LogP contribution in [-0.2, 0) is 63.8 Å². The number of amides is 6. The number of aliphatic hydroxyl groups is 6. The van der Waals surface area contributed by atoms with E-state index >= 15 is 19.2 Å². The van der Waals surface area contributed by atoms with E-state index in [1.807, 2.05) is 54.6 Å². The number of phenolic OH excluding ortho intramolecular Hbond substituents is 3. The van der Waals surface area contributed by atoms with E-state index in [9.17, 15) is 65.4 Å². The molecule has 114 heavy (non-hydrogen) atoms. The molecule has 3 saturated heterocycles. The van der Waals surface area contributed by atoms with Crippen LogP contribution < -0.4 is 63.3 Å². The number of phenols is 3. The summed E-state index contributed by atoms with van der Waals surface area (Å²) in [6, 6.07) is 17.8. The summed E-state index contributed by atoms with van der Waals surface area (Å²) >= 11 is 14.4. The Labute approximate surface area is 659 Å².